The summed E-state index contributed by atoms with van der Waals surface area (Å²) >= 11 is 6.10. The van der Waals surface area contributed by atoms with Crippen molar-refractivity contribution in [3.63, 3.8) is 0 Å². The summed E-state index contributed by atoms with van der Waals surface area (Å²) < 4.78 is 0. The van der Waals surface area contributed by atoms with Crippen molar-refractivity contribution in [3.05, 3.63) is 94.5 Å². The zero-order chi connectivity index (χ0) is 23.1. The average Bonchev–Trinajstić information content (AvgIpc) is 2.81. The molecule has 32 heavy (non-hydrogen) atoms. The van der Waals surface area contributed by atoms with Gasteiger partial charge in [0, 0.05) is 33.3 Å². The Morgan fingerprint density at radius 2 is 1.47 bits per heavy atom. The van der Waals surface area contributed by atoms with Gasteiger partial charge in [-0.05, 0) is 55.3 Å². The van der Waals surface area contributed by atoms with Crippen molar-refractivity contribution >= 4 is 40.6 Å². The Kier molecular flexibility index (Phi) is 7.79. The Labute approximate surface area is 192 Å². The second kappa shape index (κ2) is 10.7. The van der Waals surface area contributed by atoms with Crippen molar-refractivity contribution in [2.45, 2.75) is 26.7 Å². The van der Waals surface area contributed by atoms with Crippen LogP contribution in [0.3, 0.4) is 0 Å². The van der Waals surface area contributed by atoms with Crippen molar-refractivity contribution in [2.24, 2.45) is 5.92 Å². The maximum Gasteiger partial charge on any atom is 0.255 e. The van der Waals surface area contributed by atoms with Crippen LogP contribution in [-0.2, 0) is 4.79 Å². The lowest BCUT2D eigenvalue weighted by Gasteiger charge is -2.13. The van der Waals surface area contributed by atoms with E-state index in [0.29, 0.717) is 33.1 Å². The van der Waals surface area contributed by atoms with E-state index in [1.165, 1.54) is 0 Å². The third-order valence-corrected chi connectivity index (χ3v) is 5.52. The number of hydrogen-bond donors (Lipinski definition) is 2. The predicted molar refractivity (Wildman–Crippen MR) is 128 cm³/mol. The van der Waals surface area contributed by atoms with Gasteiger partial charge in [0.05, 0.1) is 5.69 Å². The molecule has 6 heteroatoms. The maximum atomic E-state index is 12.9. The fraction of sp³-hybridized carbons (Fsp3) is 0.192. The molecule has 3 rings (SSSR count). The highest BCUT2D eigenvalue weighted by molar-refractivity contribution is 6.31. The smallest absolute Gasteiger partial charge is 0.255 e. The maximum absolute atomic E-state index is 12.9. The van der Waals surface area contributed by atoms with E-state index in [-0.39, 0.29) is 23.5 Å². The van der Waals surface area contributed by atoms with Crippen LogP contribution in [-0.4, -0.2) is 17.6 Å². The number of nitrogens with one attached hydrogen (secondary N) is 2. The van der Waals surface area contributed by atoms with Crippen molar-refractivity contribution in [1.29, 1.82) is 0 Å². The van der Waals surface area contributed by atoms with Crippen LogP contribution in [0.25, 0.3) is 0 Å². The summed E-state index contributed by atoms with van der Waals surface area (Å²) in [5, 5.41) is 6.08. The average molecular weight is 449 g/mol. The normalized spacial score (nSPS) is 10.6. The van der Waals surface area contributed by atoms with Gasteiger partial charge < -0.3 is 10.6 Å². The molecule has 0 heterocycles. The number of carbonyl (C=O) groups is 3. The largest absolute Gasteiger partial charge is 0.326 e. The quantitative estimate of drug-likeness (QED) is 0.403. The Hall–Kier alpha value is -3.44. The Morgan fingerprint density at radius 1 is 0.812 bits per heavy atom. The molecule has 0 aromatic heterocycles. The number of halogens is 1. The van der Waals surface area contributed by atoms with Crippen LogP contribution in [0.1, 0.15) is 53.0 Å². The summed E-state index contributed by atoms with van der Waals surface area (Å²) in [4.78, 5) is 38.0. The third kappa shape index (κ3) is 5.62. The second-order valence-electron chi connectivity index (χ2n) is 7.42. The fourth-order valence-electron chi connectivity index (χ4n) is 3.36. The molecular weight excluding hydrogens is 424 g/mol. The lowest BCUT2D eigenvalue weighted by atomic mass is 10.0. The molecular formula is C26H25ClN2O3. The van der Waals surface area contributed by atoms with Gasteiger partial charge in [-0.3, -0.25) is 14.4 Å². The molecule has 3 aromatic carbocycles. The molecule has 0 bridgehead atoms. The van der Waals surface area contributed by atoms with Gasteiger partial charge in [0.1, 0.15) is 0 Å². The van der Waals surface area contributed by atoms with Crippen LogP contribution in [0.4, 0.5) is 11.4 Å². The molecule has 2 amide bonds. The summed E-state index contributed by atoms with van der Waals surface area (Å²) in [5.74, 6) is -0.670. The molecule has 0 aliphatic heterocycles. The van der Waals surface area contributed by atoms with Crippen molar-refractivity contribution < 1.29 is 14.4 Å². The minimum atomic E-state index is -0.368. The lowest BCUT2D eigenvalue weighted by Crippen LogP contribution is -2.21. The highest BCUT2D eigenvalue weighted by Gasteiger charge is 2.17. The van der Waals surface area contributed by atoms with Crippen molar-refractivity contribution in [2.75, 3.05) is 10.6 Å². The van der Waals surface area contributed by atoms with Crippen LogP contribution in [0, 0.1) is 5.92 Å². The number of rotatable bonds is 8. The molecule has 0 radical (unpaired) electrons. The molecule has 5 nitrogen and oxygen atoms in total. The van der Waals surface area contributed by atoms with Crippen LogP contribution in [0.15, 0.2) is 72.8 Å². The van der Waals surface area contributed by atoms with Crippen LogP contribution in [0.5, 0.6) is 0 Å². The number of amides is 2. The second-order valence-corrected chi connectivity index (χ2v) is 7.86. The molecule has 0 aliphatic carbocycles. The summed E-state index contributed by atoms with van der Waals surface area (Å²) in [6.45, 7) is 3.96. The van der Waals surface area contributed by atoms with E-state index in [4.69, 9.17) is 11.6 Å². The van der Waals surface area contributed by atoms with Crippen LogP contribution in [0.2, 0.25) is 5.02 Å². The Morgan fingerprint density at radius 3 is 2.09 bits per heavy atom. The first-order valence-electron chi connectivity index (χ1n) is 10.5. The van der Waals surface area contributed by atoms with Crippen LogP contribution >= 0.6 is 11.6 Å². The number of anilines is 2. The molecule has 3 aromatic rings. The molecule has 0 fully saturated rings. The van der Waals surface area contributed by atoms with E-state index < -0.39 is 0 Å². The summed E-state index contributed by atoms with van der Waals surface area (Å²) in [6, 6.07) is 20.2. The van der Waals surface area contributed by atoms with E-state index >= 15 is 0 Å². The predicted octanol–water partition coefficient (Wildman–Crippen LogP) is 6.20. The van der Waals surface area contributed by atoms with Gasteiger partial charge in [0.25, 0.3) is 5.91 Å². The highest BCUT2D eigenvalue weighted by atomic mass is 35.5. The van der Waals surface area contributed by atoms with Crippen molar-refractivity contribution in [3.8, 4) is 0 Å². The molecule has 0 saturated carbocycles. The number of ketones is 1. The van der Waals surface area contributed by atoms with Gasteiger partial charge in [-0.25, -0.2) is 0 Å². The fourth-order valence-corrected chi connectivity index (χ4v) is 3.53. The van der Waals surface area contributed by atoms with E-state index in [1.807, 2.05) is 19.9 Å². The molecule has 0 saturated heterocycles. The topological polar surface area (TPSA) is 75.3 Å². The van der Waals surface area contributed by atoms with Crippen LogP contribution < -0.4 is 10.6 Å². The van der Waals surface area contributed by atoms with E-state index in [1.54, 1.807) is 66.7 Å². The van der Waals surface area contributed by atoms with E-state index in [2.05, 4.69) is 10.6 Å². The standard InChI is InChI=1S/C26H25ClN2O3/c1-3-17(4-2)25(31)28-21-13-10-19(11-14-21)26(32)29-23-15-12-20(27)16-22(23)24(30)18-8-6-5-7-9-18/h5-17H,3-4H2,1-2H3,(H,28,31)(H,29,32). The minimum absolute atomic E-state index is 0.0302. The summed E-state index contributed by atoms with van der Waals surface area (Å²) in [7, 11) is 0. The van der Waals surface area contributed by atoms with Gasteiger partial charge in [-0.15, -0.1) is 0 Å². The zero-order valence-corrected chi connectivity index (χ0v) is 18.8. The summed E-state index contributed by atoms with van der Waals surface area (Å²) in [6.07, 6.45) is 1.54. The van der Waals surface area contributed by atoms with Gasteiger partial charge in [-0.2, -0.15) is 0 Å². The Balaban J connectivity index is 1.76. The molecule has 0 spiro atoms. The molecule has 0 unspecified atom stereocenters. The summed E-state index contributed by atoms with van der Waals surface area (Å²) in [5.41, 5.74) is 2.22. The Bertz CT molecular complexity index is 1110. The molecule has 0 aliphatic rings. The van der Waals surface area contributed by atoms with Gasteiger partial charge in [0.15, 0.2) is 5.78 Å². The first-order chi connectivity index (χ1) is 15.4. The highest BCUT2D eigenvalue weighted by Crippen LogP contribution is 2.24. The van der Waals surface area contributed by atoms with Gasteiger partial charge >= 0.3 is 0 Å². The van der Waals surface area contributed by atoms with Gasteiger partial charge in [-0.1, -0.05) is 55.8 Å². The van der Waals surface area contributed by atoms with Crippen molar-refractivity contribution in [1.82, 2.24) is 0 Å². The molecule has 164 valence electrons. The van der Waals surface area contributed by atoms with E-state index in [9.17, 15) is 14.4 Å². The molecule has 0 atom stereocenters. The van der Waals surface area contributed by atoms with Gasteiger partial charge in [0.2, 0.25) is 5.91 Å². The zero-order valence-electron chi connectivity index (χ0n) is 18.0. The third-order valence-electron chi connectivity index (χ3n) is 5.28. The SMILES string of the molecule is CCC(CC)C(=O)Nc1ccc(C(=O)Nc2ccc(Cl)cc2C(=O)c2ccccc2)cc1. The van der Waals surface area contributed by atoms with E-state index in [0.717, 1.165) is 12.8 Å². The number of carbonyl (C=O) groups excluding carboxylic acids is 3. The number of hydrogen-bond acceptors (Lipinski definition) is 3. The first kappa shape index (κ1) is 23.2. The first-order valence-corrected chi connectivity index (χ1v) is 10.9. The lowest BCUT2D eigenvalue weighted by molar-refractivity contribution is -0.120. The molecule has 2 N–H and O–H groups in total. The minimum Gasteiger partial charge on any atom is -0.326 e. The monoisotopic (exact) mass is 448 g/mol. The number of benzene rings is 3.